The van der Waals surface area contributed by atoms with Crippen molar-refractivity contribution in [2.75, 3.05) is 58.1 Å². The number of aromatic amines is 2. The molecule has 0 aliphatic carbocycles. The molecule has 0 saturated heterocycles. The number of methoxy groups -OCH3 is 1. The normalized spacial score (nSPS) is 12.9. The Morgan fingerprint density at radius 3 is 1.69 bits per heavy atom. The molecular formula is C42H46F2N10O16P2. The molecule has 72 heavy (non-hydrogen) atoms. The van der Waals surface area contributed by atoms with Gasteiger partial charge in [0.25, 0.3) is 11.1 Å². The minimum absolute atomic E-state index is 0.00831. The van der Waals surface area contributed by atoms with Crippen molar-refractivity contribution in [3.63, 3.8) is 0 Å². The van der Waals surface area contributed by atoms with Crippen molar-refractivity contribution in [3.8, 4) is 5.75 Å². The molecule has 30 heteroatoms. The van der Waals surface area contributed by atoms with Gasteiger partial charge in [0.1, 0.15) is 30.1 Å². The Morgan fingerprint density at radius 2 is 1.18 bits per heavy atom. The van der Waals surface area contributed by atoms with Crippen LogP contribution in [0.4, 0.5) is 30.3 Å². The maximum atomic E-state index is 13.4. The zero-order valence-corrected chi connectivity index (χ0v) is 40.0. The van der Waals surface area contributed by atoms with Crippen LogP contribution < -0.4 is 27.3 Å². The lowest BCUT2D eigenvalue weighted by molar-refractivity contribution is 0.00254. The molecule has 26 nitrogen and oxygen atoms in total. The van der Waals surface area contributed by atoms with Gasteiger partial charge in [0, 0.05) is 13.1 Å². The molecule has 2 atom stereocenters. The summed E-state index contributed by atoms with van der Waals surface area (Å²) in [7, 11) is -6.76. The van der Waals surface area contributed by atoms with Crippen LogP contribution in [0.5, 0.6) is 5.75 Å². The van der Waals surface area contributed by atoms with Gasteiger partial charge in [-0.3, -0.25) is 37.7 Å². The number of benzene rings is 3. The first-order valence-electron chi connectivity index (χ1n) is 20.9. The van der Waals surface area contributed by atoms with E-state index < -0.39 is 76.5 Å². The molecule has 0 radical (unpaired) electrons. The summed E-state index contributed by atoms with van der Waals surface area (Å²) < 4.78 is 107. The SMILES string of the molecule is COC(=O)OCOP(=O)(COCCn1cnc2c(=O)[nH]c(N)nc21)OCc1cccc(F)c1.Cc1ccc(COP(=O)(COCCn2cnc3c(=O)[nH]c(N)nc32)OCOC(=O)Oc2ccc(F)cc2)cc1. The van der Waals surface area contributed by atoms with E-state index in [9.17, 15) is 37.1 Å². The maximum absolute atomic E-state index is 13.4. The zero-order valence-electron chi connectivity index (χ0n) is 38.2. The smallest absolute Gasteiger partial charge is 0.438 e. The van der Waals surface area contributed by atoms with E-state index in [1.54, 1.807) is 10.6 Å². The summed E-state index contributed by atoms with van der Waals surface area (Å²) >= 11 is 0. The number of anilines is 2. The van der Waals surface area contributed by atoms with Crippen LogP contribution in [0.3, 0.4) is 0 Å². The molecule has 3 aromatic carbocycles. The van der Waals surface area contributed by atoms with Crippen molar-refractivity contribution in [1.82, 2.24) is 39.0 Å². The maximum Gasteiger partial charge on any atom is 0.515 e. The highest BCUT2D eigenvalue weighted by molar-refractivity contribution is 7.53. The van der Waals surface area contributed by atoms with Crippen molar-refractivity contribution in [3.05, 3.63) is 134 Å². The number of nitrogens with one attached hydrogen (secondary N) is 2. The Balaban J connectivity index is 0.000000239. The first kappa shape index (κ1) is 53.9. The van der Waals surface area contributed by atoms with Gasteiger partial charge < -0.3 is 58.1 Å². The molecule has 6 N–H and O–H groups in total. The van der Waals surface area contributed by atoms with E-state index in [0.29, 0.717) is 5.56 Å². The zero-order chi connectivity index (χ0) is 51.7. The molecule has 384 valence electrons. The summed E-state index contributed by atoms with van der Waals surface area (Å²) in [6.07, 6.45) is -0.382. The summed E-state index contributed by atoms with van der Waals surface area (Å²) in [5.74, 6) is -1.06. The van der Waals surface area contributed by atoms with E-state index in [1.807, 2.05) is 31.2 Å². The first-order chi connectivity index (χ1) is 34.5. The largest absolute Gasteiger partial charge is 0.515 e. The molecule has 0 saturated carbocycles. The number of hydrogen-bond donors (Lipinski definition) is 4. The third kappa shape index (κ3) is 16.3. The van der Waals surface area contributed by atoms with Gasteiger partial charge in [-0.1, -0.05) is 42.0 Å². The number of H-pyrrole nitrogens is 2. The molecule has 0 bridgehead atoms. The third-order valence-corrected chi connectivity index (χ3v) is 12.4. The van der Waals surface area contributed by atoms with Crippen molar-refractivity contribution in [2.24, 2.45) is 0 Å². The van der Waals surface area contributed by atoms with Crippen LogP contribution in [0, 0.1) is 18.6 Å². The number of nitrogen functional groups attached to an aromatic ring is 2. The van der Waals surface area contributed by atoms with E-state index in [0.717, 1.165) is 30.4 Å². The molecule has 7 rings (SSSR count). The van der Waals surface area contributed by atoms with Crippen molar-refractivity contribution >= 4 is 61.7 Å². The van der Waals surface area contributed by atoms with E-state index in [2.05, 4.69) is 39.4 Å². The fourth-order valence-electron chi connectivity index (χ4n) is 5.82. The van der Waals surface area contributed by atoms with Gasteiger partial charge in [0.15, 0.2) is 22.3 Å². The van der Waals surface area contributed by atoms with E-state index in [1.165, 1.54) is 47.6 Å². The molecule has 2 unspecified atom stereocenters. The topological polar surface area (TPSA) is 340 Å². The summed E-state index contributed by atoms with van der Waals surface area (Å²) in [4.78, 5) is 67.6. The van der Waals surface area contributed by atoms with Crippen LogP contribution in [0.2, 0.25) is 0 Å². The molecule has 4 aromatic heterocycles. The molecule has 0 amide bonds. The van der Waals surface area contributed by atoms with Gasteiger partial charge in [-0.25, -0.2) is 28.3 Å². The Bertz CT molecular complexity index is 3160. The van der Waals surface area contributed by atoms with Crippen molar-refractivity contribution in [2.45, 2.75) is 33.2 Å². The lowest BCUT2D eigenvalue weighted by Crippen LogP contribution is -2.15. The van der Waals surface area contributed by atoms with Crippen molar-refractivity contribution < 1.29 is 74.0 Å². The van der Waals surface area contributed by atoms with Gasteiger partial charge in [-0.05, 0) is 54.4 Å². The van der Waals surface area contributed by atoms with E-state index >= 15 is 0 Å². The van der Waals surface area contributed by atoms with Crippen molar-refractivity contribution in [1.29, 1.82) is 0 Å². The Hall–Kier alpha value is -7.42. The average molecular weight is 1050 g/mol. The number of carbonyl (C=O) groups excluding carboxylic acids is 2. The number of imidazole rings is 2. The summed E-state index contributed by atoms with van der Waals surface area (Å²) in [5.41, 5.74) is 13.1. The number of hydrogen-bond acceptors (Lipinski definition) is 22. The fraction of sp³-hybridized carbons (Fsp3) is 0.286. The summed E-state index contributed by atoms with van der Waals surface area (Å²) in [5, 5.41) is 0. The highest BCUT2D eigenvalue weighted by Crippen LogP contribution is 2.50. The highest BCUT2D eigenvalue weighted by atomic mass is 31.2. The lowest BCUT2D eigenvalue weighted by atomic mass is 10.2. The van der Waals surface area contributed by atoms with Gasteiger partial charge in [-0.15, -0.1) is 0 Å². The minimum atomic E-state index is -3.93. The van der Waals surface area contributed by atoms with Crippen LogP contribution in [0.1, 0.15) is 16.7 Å². The molecule has 0 aliphatic heterocycles. The number of halogens is 2. The second-order valence-electron chi connectivity index (χ2n) is 14.6. The second-order valence-corrected chi connectivity index (χ2v) is 18.6. The second kappa shape index (κ2) is 25.6. The molecule has 0 spiro atoms. The quantitative estimate of drug-likeness (QED) is 0.0196. The van der Waals surface area contributed by atoms with Crippen LogP contribution in [0.15, 0.2) is 95.0 Å². The minimum Gasteiger partial charge on any atom is -0.438 e. The number of aromatic nitrogens is 8. The number of rotatable bonds is 23. The number of fused-ring (bicyclic) bond motifs is 2. The first-order valence-corrected chi connectivity index (χ1v) is 24.4. The molecule has 0 fully saturated rings. The van der Waals surface area contributed by atoms with E-state index in [4.69, 9.17) is 48.5 Å². The highest BCUT2D eigenvalue weighted by Gasteiger charge is 2.28. The summed E-state index contributed by atoms with van der Waals surface area (Å²) in [6, 6.07) is 17.6. The number of nitrogens with two attached hydrogens (primary N) is 2. The number of ether oxygens (including phenoxy) is 6. The van der Waals surface area contributed by atoms with Gasteiger partial charge in [0.05, 0.1) is 46.2 Å². The third-order valence-electron chi connectivity index (χ3n) is 9.34. The predicted octanol–water partition coefficient (Wildman–Crippen LogP) is 5.71. The molecular weight excluding hydrogens is 1000 g/mol. The number of nitrogens with zero attached hydrogens (tertiary/aromatic N) is 6. The van der Waals surface area contributed by atoms with Crippen LogP contribution >= 0.6 is 15.2 Å². The van der Waals surface area contributed by atoms with Crippen LogP contribution in [0.25, 0.3) is 22.3 Å². The van der Waals surface area contributed by atoms with Crippen LogP contribution in [-0.2, 0) is 77.2 Å². The monoisotopic (exact) mass is 1050 g/mol. The summed E-state index contributed by atoms with van der Waals surface area (Å²) in [6.45, 7) is 0.580. The van der Waals surface area contributed by atoms with E-state index in [-0.39, 0.29) is 79.5 Å². The number of aryl methyl sites for hydroxylation is 1. The molecule has 4 heterocycles. The van der Waals surface area contributed by atoms with Crippen LogP contribution in [-0.4, -0.2) is 98.0 Å². The lowest BCUT2D eigenvalue weighted by Gasteiger charge is -2.19. The van der Waals surface area contributed by atoms with Gasteiger partial charge >= 0.3 is 27.5 Å². The number of carbonyl (C=O) groups is 2. The average Bonchev–Trinajstić information content (AvgIpc) is 3.96. The molecule has 7 aromatic rings. The Labute approximate surface area is 405 Å². The van der Waals surface area contributed by atoms with Gasteiger partial charge in [-0.2, -0.15) is 9.97 Å². The van der Waals surface area contributed by atoms with Gasteiger partial charge in [0.2, 0.25) is 25.5 Å². The predicted molar refractivity (Wildman–Crippen MR) is 248 cm³/mol. The Kier molecular flexibility index (Phi) is 19.2. The molecule has 0 aliphatic rings. The Morgan fingerprint density at radius 1 is 0.667 bits per heavy atom. The standard InChI is InChI=1S/C24H25FN5O8P.C18H21FN5O8P/c1-16-2-4-17(5-3-16)12-36-39(33,37-14-35-24(32)38-19-8-6-18(25)7-9-19)15-34-11-10-30-13-27-20-21(30)28-23(26)29-22(20)31;1-28-18(26)30-10-32-33(27,31-8-12-3-2-4-13(19)7-12)11-29-6-5-24-9-21-14-15(24)22-17(20)23-16(14)25/h2-9,13H,10-12,14-15H2,1H3,(H3,26,28,29,31);2-4,7,9H,5-6,8,10-11H2,1H3,(H3,20,22,23,25). The fourth-order valence-corrected chi connectivity index (χ4v) is 8.10.